The molecule has 1 aromatic rings. The fraction of sp³-hybridized carbons (Fsp3) is 0.682. The molecule has 26 heavy (non-hydrogen) atoms. The van der Waals surface area contributed by atoms with E-state index in [1.807, 2.05) is 0 Å². The van der Waals surface area contributed by atoms with E-state index in [9.17, 15) is 9.90 Å². The minimum absolute atomic E-state index is 0.0657. The third-order valence-electron chi connectivity index (χ3n) is 5.79. The highest BCUT2D eigenvalue weighted by atomic mass is 16.5. The van der Waals surface area contributed by atoms with Gasteiger partial charge in [-0.3, -0.25) is 4.79 Å². The zero-order valence-electron chi connectivity index (χ0n) is 16.8. The first kappa shape index (κ1) is 20.9. The average molecular weight is 362 g/mol. The second kappa shape index (κ2) is 9.52. The average Bonchev–Trinajstić information content (AvgIpc) is 2.65. The summed E-state index contributed by atoms with van der Waals surface area (Å²) in [5.74, 6) is 1.17. The molecule has 4 heteroatoms. The van der Waals surface area contributed by atoms with Crippen molar-refractivity contribution in [1.29, 1.82) is 0 Å². The van der Waals surface area contributed by atoms with Crippen molar-refractivity contribution in [3.05, 3.63) is 35.4 Å². The molecule has 146 valence electrons. The van der Waals surface area contributed by atoms with Crippen LogP contribution in [-0.4, -0.2) is 37.4 Å². The van der Waals surface area contributed by atoms with Gasteiger partial charge in [-0.1, -0.05) is 52.0 Å². The number of rotatable bonds is 8. The molecule has 1 unspecified atom stereocenters. The van der Waals surface area contributed by atoms with Crippen molar-refractivity contribution >= 4 is 5.91 Å². The molecule has 1 aliphatic heterocycles. The van der Waals surface area contributed by atoms with Crippen LogP contribution in [0, 0.1) is 11.3 Å². The Labute approximate surface area is 158 Å². The maximum absolute atomic E-state index is 12.6. The number of hydrogen-bond donors (Lipinski definition) is 2. The van der Waals surface area contributed by atoms with E-state index in [2.05, 4.69) is 57.3 Å². The highest BCUT2D eigenvalue weighted by Crippen LogP contribution is 2.31. The smallest absolute Gasteiger partial charge is 0.220 e. The summed E-state index contributed by atoms with van der Waals surface area (Å²) >= 11 is 0. The lowest BCUT2D eigenvalue weighted by Crippen LogP contribution is -2.44. The van der Waals surface area contributed by atoms with Crippen molar-refractivity contribution in [2.24, 2.45) is 11.3 Å². The molecule has 4 nitrogen and oxygen atoms in total. The van der Waals surface area contributed by atoms with Crippen molar-refractivity contribution in [2.45, 2.75) is 58.8 Å². The summed E-state index contributed by atoms with van der Waals surface area (Å²) in [5.41, 5.74) is 2.33. The molecule has 2 rings (SSSR count). The van der Waals surface area contributed by atoms with Gasteiger partial charge in [0.1, 0.15) is 0 Å². The number of benzene rings is 1. The summed E-state index contributed by atoms with van der Waals surface area (Å²) in [6.45, 7) is 10.7. The molecule has 1 aromatic carbocycles. The number of ether oxygens (including phenoxy) is 1. The summed E-state index contributed by atoms with van der Waals surface area (Å²) in [7, 11) is 0. The predicted octanol–water partition coefficient (Wildman–Crippen LogP) is 3.85. The minimum Gasteiger partial charge on any atom is -0.396 e. The highest BCUT2D eigenvalue weighted by molar-refractivity contribution is 5.77. The van der Waals surface area contributed by atoms with Gasteiger partial charge in [0.2, 0.25) is 5.91 Å². The molecule has 0 aliphatic carbocycles. The molecule has 1 amide bonds. The summed E-state index contributed by atoms with van der Waals surface area (Å²) in [6, 6.07) is 8.69. The predicted molar refractivity (Wildman–Crippen MR) is 105 cm³/mol. The van der Waals surface area contributed by atoms with Crippen LogP contribution in [0.15, 0.2) is 24.3 Å². The van der Waals surface area contributed by atoms with Gasteiger partial charge in [-0.2, -0.15) is 0 Å². The van der Waals surface area contributed by atoms with E-state index >= 15 is 0 Å². The van der Waals surface area contributed by atoms with Gasteiger partial charge in [0, 0.05) is 31.6 Å². The van der Waals surface area contributed by atoms with Crippen molar-refractivity contribution in [3.8, 4) is 0 Å². The monoisotopic (exact) mass is 361 g/mol. The summed E-state index contributed by atoms with van der Waals surface area (Å²) in [6.07, 6.45) is 2.08. The van der Waals surface area contributed by atoms with Crippen LogP contribution in [0.2, 0.25) is 0 Å². The Morgan fingerprint density at radius 2 is 1.69 bits per heavy atom. The topological polar surface area (TPSA) is 58.6 Å². The minimum atomic E-state index is -0.222. The van der Waals surface area contributed by atoms with Crippen molar-refractivity contribution < 1.29 is 14.6 Å². The Bertz CT molecular complexity index is 559. The second-order valence-corrected chi connectivity index (χ2v) is 8.42. The molecule has 1 saturated heterocycles. The van der Waals surface area contributed by atoms with Gasteiger partial charge >= 0.3 is 0 Å². The van der Waals surface area contributed by atoms with Crippen LogP contribution in [0.1, 0.15) is 69.9 Å². The van der Waals surface area contributed by atoms with E-state index in [0.29, 0.717) is 38.0 Å². The molecule has 2 N–H and O–H groups in total. The van der Waals surface area contributed by atoms with Crippen LogP contribution >= 0.6 is 0 Å². The van der Waals surface area contributed by atoms with Crippen LogP contribution in [0.5, 0.6) is 0 Å². The number of carbonyl (C=O) groups excluding carboxylic acids is 1. The standard InChI is InChI=1S/C22H35NO3/c1-16(2)18-5-7-19(8-6-18)20(17(3)4)13-21(25)23-14-22(15-24)9-11-26-12-10-22/h5-8,16-17,20,24H,9-15H2,1-4H3,(H,23,25). The molecule has 0 bridgehead atoms. The molecule has 0 radical (unpaired) electrons. The van der Waals surface area contributed by atoms with E-state index in [1.165, 1.54) is 11.1 Å². The van der Waals surface area contributed by atoms with Crippen LogP contribution in [0.25, 0.3) is 0 Å². The number of amides is 1. The maximum atomic E-state index is 12.6. The van der Waals surface area contributed by atoms with E-state index in [4.69, 9.17) is 4.74 Å². The Morgan fingerprint density at radius 3 is 2.19 bits per heavy atom. The van der Waals surface area contributed by atoms with Gasteiger partial charge in [-0.05, 0) is 41.7 Å². The number of carbonyl (C=O) groups is 1. The Balaban J connectivity index is 1.97. The van der Waals surface area contributed by atoms with Gasteiger partial charge in [0.25, 0.3) is 0 Å². The van der Waals surface area contributed by atoms with Crippen LogP contribution in [0.4, 0.5) is 0 Å². The molecular formula is C22H35NO3. The normalized spacial score (nSPS) is 18.1. The van der Waals surface area contributed by atoms with Gasteiger partial charge < -0.3 is 15.2 Å². The number of aliphatic hydroxyl groups excluding tert-OH is 1. The largest absolute Gasteiger partial charge is 0.396 e. The number of nitrogens with one attached hydrogen (secondary N) is 1. The number of aliphatic hydroxyl groups is 1. The van der Waals surface area contributed by atoms with Crippen molar-refractivity contribution in [2.75, 3.05) is 26.4 Å². The molecule has 1 atom stereocenters. The molecule has 0 spiro atoms. The molecule has 1 aliphatic rings. The van der Waals surface area contributed by atoms with Gasteiger partial charge in [0.15, 0.2) is 0 Å². The molecule has 1 heterocycles. The van der Waals surface area contributed by atoms with E-state index in [1.54, 1.807) is 0 Å². The van der Waals surface area contributed by atoms with Gasteiger partial charge in [-0.25, -0.2) is 0 Å². The van der Waals surface area contributed by atoms with E-state index in [-0.39, 0.29) is 23.8 Å². The van der Waals surface area contributed by atoms with E-state index < -0.39 is 0 Å². The lowest BCUT2D eigenvalue weighted by atomic mass is 9.80. The first-order valence-corrected chi connectivity index (χ1v) is 9.92. The second-order valence-electron chi connectivity index (χ2n) is 8.42. The molecule has 1 fully saturated rings. The SMILES string of the molecule is CC(C)c1ccc(C(CC(=O)NCC2(CO)CCOCC2)C(C)C)cc1. The summed E-state index contributed by atoms with van der Waals surface area (Å²) in [5, 5.41) is 12.8. The Morgan fingerprint density at radius 1 is 1.12 bits per heavy atom. The molecule has 0 aromatic heterocycles. The Hall–Kier alpha value is -1.39. The fourth-order valence-corrected chi connectivity index (χ4v) is 3.62. The zero-order valence-corrected chi connectivity index (χ0v) is 16.8. The van der Waals surface area contributed by atoms with Gasteiger partial charge in [0.05, 0.1) is 6.61 Å². The first-order chi connectivity index (χ1) is 12.4. The molecular weight excluding hydrogens is 326 g/mol. The Kier molecular flexibility index (Phi) is 7.66. The highest BCUT2D eigenvalue weighted by Gasteiger charge is 2.32. The summed E-state index contributed by atoms with van der Waals surface area (Å²) in [4.78, 5) is 12.6. The lowest BCUT2D eigenvalue weighted by molar-refractivity contribution is -0.123. The fourth-order valence-electron chi connectivity index (χ4n) is 3.62. The maximum Gasteiger partial charge on any atom is 0.220 e. The van der Waals surface area contributed by atoms with Crippen LogP contribution < -0.4 is 5.32 Å². The van der Waals surface area contributed by atoms with Crippen LogP contribution in [-0.2, 0) is 9.53 Å². The number of hydrogen-bond acceptors (Lipinski definition) is 3. The third kappa shape index (κ3) is 5.55. The van der Waals surface area contributed by atoms with Crippen LogP contribution in [0.3, 0.4) is 0 Å². The quantitative estimate of drug-likeness (QED) is 0.739. The van der Waals surface area contributed by atoms with Gasteiger partial charge in [-0.15, -0.1) is 0 Å². The zero-order chi connectivity index (χ0) is 19.2. The summed E-state index contributed by atoms with van der Waals surface area (Å²) < 4.78 is 5.39. The third-order valence-corrected chi connectivity index (χ3v) is 5.79. The van der Waals surface area contributed by atoms with Crippen molar-refractivity contribution in [1.82, 2.24) is 5.32 Å². The van der Waals surface area contributed by atoms with Crippen molar-refractivity contribution in [3.63, 3.8) is 0 Å². The molecule has 0 saturated carbocycles. The first-order valence-electron chi connectivity index (χ1n) is 9.92. The van der Waals surface area contributed by atoms with E-state index in [0.717, 1.165) is 12.8 Å². The lowest BCUT2D eigenvalue weighted by Gasteiger charge is -2.35.